The van der Waals surface area contributed by atoms with Crippen LogP contribution in [0.3, 0.4) is 0 Å². The number of carbonyl (C=O) groups is 2. The molecule has 0 aliphatic heterocycles. The van der Waals surface area contributed by atoms with E-state index in [0.717, 1.165) is 15.9 Å². The molecule has 3 nitrogen and oxygen atoms in total. The smallest absolute Gasteiger partial charge is 0.338 e. The Morgan fingerprint density at radius 3 is 1.82 bits per heavy atom. The predicted molar refractivity (Wildman–Crippen MR) is 116 cm³/mol. The summed E-state index contributed by atoms with van der Waals surface area (Å²) in [5.41, 5.74) is 1.12. The minimum absolute atomic E-state index is 0.0636. The van der Waals surface area contributed by atoms with Gasteiger partial charge in [-0.15, -0.1) is 0 Å². The van der Waals surface area contributed by atoms with Gasteiger partial charge in [0.15, 0.2) is 5.78 Å². The third-order valence-corrected chi connectivity index (χ3v) is 6.96. The van der Waals surface area contributed by atoms with Crippen molar-refractivity contribution in [3.63, 3.8) is 0 Å². The molecule has 0 radical (unpaired) electrons. The third-order valence-electron chi connectivity index (χ3n) is 4.48. The summed E-state index contributed by atoms with van der Waals surface area (Å²) in [5.74, 6) is -0.442. The third kappa shape index (κ3) is 4.21. The van der Waals surface area contributed by atoms with Crippen molar-refractivity contribution in [2.45, 2.75) is 13.8 Å². The van der Waals surface area contributed by atoms with Gasteiger partial charge >= 0.3 is 5.97 Å². The van der Waals surface area contributed by atoms with Crippen LogP contribution in [-0.4, -0.2) is 18.9 Å². The number of rotatable bonds is 6. The summed E-state index contributed by atoms with van der Waals surface area (Å²) in [6.07, 6.45) is 0. The van der Waals surface area contributed by atoms with Crippen molar-refractivity contribution < 1.29 is 14.3 Å². The maximum atomic E-state index is 12.6. The van der Waals surface area contributed by atoms with Gasteiger partial charge < -0.3 is 4.74 Å². The van der Waals surface area contributed by atoms with Crippen LogP contribution in [-0.2, 0) is 4.74 Å². The van der Waals surface area contributed by atoms with Crippen LogP contribution < -0.4 is 15.9 Å². The van der Waals surface area contributed by atoms with Gasteiger partial charge in [0.05, 0.1) is 12.7 Å². The van der Waals surface area contributed by atoms with E-state index in [1.807, 2.05) is 56.3 Å². The van der Waals surface area contributed by atoms with E-state index in [-0.39, 0.29) is 11.7 Å². The van der Waals surface area contributed by atoms with Crippen LogP contribution in [0.4, 0.5) is 0 Å². The van der Waals surface area contributed by atoms with Crippen LogP contribution in [0.2, 0.25) is 0 Å². The summed E-state index contributed by atoms with van der Waals surface area (Å²) in [5, 5.41) is 3.07. The first-order valence-corrected chi connectivity index (χ1v) is 10.5. The lowest BCUT2D eigenvalue weighted by molar-refractivity contribution is 0.0602. The fourth-order valence-electron chi connectivity index (χ4n) is 3.07. The Hall–Kier alpha value is -2.77. The quantitative estimate of drug-likeness (QED) is 0.362. The topological polar surface area (TPSA) is 43.4 Å². The summed E-state index contributed by atoms with van der Waals surface area (Å²) >= 11 is 0. The second-order valence-electron chi connectivity index (χ2n) is 6.75. The van der Waals surface area contributed by atoms with Crippen LogP contribution in [0, 0.1) is 5.92 Å². The maximum absolute atomic E-state index is 12.6. The number of benzene rings is 3. The molecular weight excluding hydrogens is 367 g/mol. The van der Waals surface area contributed by atoms with Gasteiger partial charge in [-0.2, -0.15) is 0 Å². The van der Waals surface area contributed by atoms with E-state index in [1.165, 1.54) is 7.11 Å². The summed E-state index contributed by atoms with van der Waals surface area (Å²) in [7, 11) is 0.363. The molecule has 0 unspecified atom stereocenters. The molecule has 0 amide bonds. The average molecular weight is 390 g/mol. The summed E-state index contributed by atoms with van der Waals surface area (Å²) in [6.45, 7) is 3.76. The van der Waals surface area contributed by atoms with E-state index in [4.69, 9.17) is 4.74 Å². The highest BCUT2D eigenvalue weighted by Crippen LogP contribution is 2.35. The molecule has 0 saturated carbocycles. The number of ketones is 1. The van der Waals surface area contributed by atoms with E-state index < -0.39 is 13.9 Å². The molecule has 28 heavy (non-hydrogen) atoms. The minimum Gasteiger partial charge on any atom is -0.465 e. The highest BCUT2D eigenvalue weighted by Gasteiger charge is 2.25. The summed E-state index contributed by atoms with van der Waals surface area (Å²) < 4.78 is 5.03. The first-order valence-electron chi connectivity index (χ1n) is 9.19. The number of Topliss-reactive ketones (excluding diaryl/α,β-unsaturated/α-hetero) is 1. The normalized spacial score (nSPS) is 10.9. The molecule has 3 aromatic carbocycles. The lowest BCUT2D eigenvalue weighted by Gasteiger charge is -2.22. The Morgan fingerprint density at radius 2 is 1.36 bits per heavy atom. The molecule has 0 aliphatic carbocycles. The number of esters is 1. The van der Waals surface area contributed by atoms with E-state index in [0.29, 0.717) is 11.1 Å². The minimum atomic E-state index is -1.02. The highest BCUT2D eigenvalue weighted by molar-refractivity contribution is 7.80. The zero-order valence-corrected chi connectivity index (χ0v) is 17.1. The Kier molecular flexibility index (Phi) is 6.38. The molecular formula is C24H23O3P. The van der Waals surface area contributed by atoms with Crippen molar-refractivity contribution in [1.29, 1.82) is 0 Å². The van der Waals surface area contributed by atoms with E-state index in [9.17, 15) is 9.59 Å². The van der Waals surface area contributed by atoms with Gasteiger partial charge in [-0.05, 0) is 30.7 Å². The van der Waals surface area contributed by atoms with Gasteiger partial charge in [0, 0.05) is 16.8 Å². The second kappa shape index (κ2) is 8.95. The molecule has 142 valence electrons. The number of methoxy groups -OCH3 is 1. The molecule has 0 spiro atoms. The van der Waals surface area contributed by atoms with Crippen LogP contribution in [0.15, 0.2) is 78.9 Å². The van der Waals surface area contributed by atoms with Crippen LogP contribution in [0.25, 0.3) is 0 Å². The Bertz CT molecular complexity index is 926. The molecule has 0 aromatic heterocycles. The Labute approximate surface area is 167 Å². The summed E-state index contributed by atoms with van der Waals surface area (Å²) in [6, 6.07) is 25.5. The fraction of sp³-hybridized carbons (Fsp3) is 0.167. The molecule has 4 heteroatoms. The molecule has 0 N–H and O–H groups in total. The molecule has 3 aromatic rings. The van der Waals surface area contributed by atoms with Gasteiger partial charge in [-0.25, -0.2) is 4.79 Å². The number of hydrogen-bond donors (Lipinski definition) is 0. The number of carbonyl (C=O) groups excluding carboxylic acids is 2. The molecule has 0 aliphatic rings. The highest BCUT2D eigenvalue weighted by atomic mass is 31.1. The zero-order valence-electron chi connectivity index (χ0n) is 16.3. The summed E-state index contributed by atoms with van der Waals surface area (Å²) in [4.78, 5) is 25.2. The first-order chi connectivity index (χ1) is 13.5. The molecule has 0 heterocycles. The number of ether oxygens (including phenoxy) is 1. The van der Waals surface area contributed by atoms with Crippen molar-refractivity contribution in [1.82, 2.24) is 0 Å². The van der Waals surface area contributed by atoms with Crippen molar-refractivity contribution in [2.24, 2.45) is 5.92 Å². The number of hydrogen-bond acceptors (Lipinski definition) is 3. The molecule has 3 rings (SSSR count). The van der Waals surface area contributed by atoms with E-state index in [1.54, 1.807) is 12.1 Å². The van der Waals surface area contributed by atoms with Crippen molar-refractivity contribution in [2.75, 3.05) is 7.11 Å². The van der Waals surface area contributed by atoms with Crippen molar-refractivity contribution >= 4 is 35.6 Å². The van der Waals surface area contributed by atoms with E-state index in [2.05, 4.69) is 24.3 Å². The first kappa shape index (κ1) is 20.0. The SMILES string of the molecule is COC(=O)c1ccc(C(=O)C(C)C)cc1P(c1ccccc1)c1ccccc1. The molecule has 0 fully saturated rings. The Balaban J connectivity index is 2.26. The van der Waals surface area contributed by atoms with Crippen molar-refractivity contribution in [3.8, 4) is 0 Å². The van der Waals surface area contributed by atoms with E-state index >= 15 is 0 Å². The molecule has 0 bridgehead atoms. The second-order valence-corrected chi connectivity index (χ2v) is 8.93. The monoisotopic (exact) mass is 390 g/mol. The molecule has 0 saturated heterocycles. The zero-order chi connectivity index (χ0) is 20.1. The molecule has 0 atom stereocenters. The maximum Gasteiger partial charge on any atom is 0.338 e. The van der Waals surface area contributed by atoms with Gasteiger partial charge in [-0.1, -0.05) is 80.6 Å². The largest absolute Gasteiger partial charge is 0.465 e. The van der Waals surface area contributed by atoms with Gasteiger partial charge in [0.2, 0.25) is 0 Å². The van der Waals surface area contributed by atoms with Gasteiger partial charge in [0.25, 0.3) is 0 Å². The van der Waals surface area contributed by atoms with Crippen LogP contribution in [0.5, 0.6) is 0 Å². The van der Waals surface area contributed by atoms with Crippen molar-refractivity contribution in [3.05, 3.63) is 90.0 Å². The van der Waals surface area contributed by atoms with Crippen LogP contribution >= 0.6 is 7.92 Å². The Morgan fingerprint density at radius 1 is 0.821 bits per heavy atom. The fourth-order valence-corrected chi connectivity index (χ4v) is 5.54. The van der Waals surface area contributed by atoms with Gasteiger partial charge in [-0.3, -0.25) is 4.79 Å². The lowest BCUT2D eigenvalue weighted by Crippen LogP contribution is -2.27. The van der Waals surface area contributed by atoms with Crippen LogP contribution in [0.1, 0.15) is 34.6 Å². The van der Waals surface area contributed by atoms with Gasteiger partial charge in [0.1, 0.15) is 0 Å². The average Bonchev–Trinajstić information content (AvgIpc) is 2.74. The predicted octanol–water partition coefficient (Wildman–Crippen LogP) is 4.07. The lowest BCUT2D eigenvalue weighted by atomic mass is 10.00. The standard InChI is InChI=1S/C24H23O3P/c1-17(2)23(25)18-14-15-21(24(26)27-3)22(16-18)28(19-10-6-4-7-11-19)20-12-8-5-9-13-20/h4-17H,1-3H3.